The summed E-state index contributed by atoms with van der Waals surface area (Å²) in [5, 5.41) is 3.19. The Hall–Kier alpha value is -3.80. The Balaban J connectivity index is 1.73. The zero-order chi connectivity index (χ0) is 22.0. The van der Waals surface area contributed by atoms with Crippen molar-refractivity contribution >= 4 is 23.1 Å². The number of nitrogens with one attached hydrogen (secondary N) is 1. The second-order valence-electron chi connectivity index (χ2n) is 7.41. The minimum Gasteiger partial charge on any atom is -0.494 e. The first kappa shape index (κ1) is 20.5. The molecular formula is C25H24N2O4. The van der Waals surface area contributed by atoms with E-state index in [0.29, 0.717) is 29.3 Å². The average molecular weight is 416 g/mol. The van der Waals surface area contributed by atoms with Crippen LogP contribution in [0.3, 0.4) is 0 Å². The van der Waals surface area contributed by atoms with Crippen LogP contribution in [0.4, 0.5) is 5.69 Å². The second-order valence-corrected chi connectivity index (χ2v) is 7.41. The van der Waals surface area contributed by atoms with Gasteiger partial charge in [-0.05, 0) is 73.9 Å². The van der Waals surface area contributed by atoms with Crippen LogP contribution < -0.4 is 10.1 Å². The Morgan fingerprint density at radius 3 is 2.39 bits per heavy atom. The van der Waals surface area contributed by atoms with Crippen LogP contribution in [0.25, 0.3) is 5.57 Å². The summed E-state index contributed by atoms with van der Waals surface area (Å²) in [6.45, 7) is 6.57. The van der Waals surface area contributed by atoms with Gasteiger partial charge in [0, 0.05) is 5.69 Å². The van der Waals surface area contributed by atoms with Crippen molar-refractivity contribution in [1.82, 2.24) is 4.90 Å². The van der Waals surface area contributed by atoms with Crippen LogP contribution >= 0.6 is 0 Å². The lowest BCUT2D eigenvalue weighted by atomic mass is 10.0. The van der Waals surface area contributed by atoms with E-state index >= 15 is 0 Å². The van der Waals surface area contributed by atoms with Crippen molar-refractivity contribution in [3.63, 3.8) is 0 Å². The van der Waals surface area contributed by atoms with Crippen molar-refractivity contribution in [3.8, 4) is 5.75 Å². The number of benzene rings is 2. The number of nitrogens with zero attached hydrogens (tertiary/aromatic N) is 1. The second kappa shape index (κ2) is 8.52. The molecule has 1 N–H and O–H groups in total. The Morgan fingerprint density at radius 2 is 1.74 bits per heavy atom. The van der Waals surface area contributed by atoms with Gasteiger partial charge < -0.3 is 14.5 Å². The van der Waals surface area contributed by atoms with Crippen LogP contribution in [0.2, 0.25) is 0 Å². The number of furan rings is 1. The summed E-state index contributed by atoms with van der Waals surface area (Å²) in [5.74, 6) is 0.500. The molecule has 0 spiro atoms. The van der Waals surface area contributed by atoms with Gasteiger partial charge in [-0.15, -0.1) is 0 Å². The molecular weight excluding hydrogens is 392 g/mol. The van der Waals surface area contributed by atoms with Gasteiger partial charge >= 0.3 is 0 Å². The van der Waals surface area contributed by atoms with E-state index in [4.69, 9.17) is 9.15 Å². The Morgan fingerprint density at radius 1 is 0.968 bits per heavy atom. The molecule has 0 bridgehead atoms. The third-order valence-corrected chi connectivity index (χ3v) is 5.29. The van der Waals surface area contributed by atoms with Crippen molar-refractivity contribution in [2.24, 2.45) is 0 Å². The fourth-order valence-electron chi connectivity index (χ4n) is 3.51. The van der Waals surface area contributed by atoms with Gasteiger partial charge in [-0.1, -0.05) is 18.2 Å². The highest BCUT2D eigenvalue weighted by Crippen LogP contribution is 2.32. The summed E-state index contributed by atoms with van der Waals surface area (Å²) >= 11 is 0. The largest absolute Gasteiger partial charge is 0.494 e. The maximum absolute atomic E-state index is 13.3. The zero-order valence-corrected chi connectivity index (χ0v) is 17.8. The van der Waals surface area contributed by atoms with E-state index in [0.717, 1.165) is 16.8 Å². The lowest BCUT2D eigenvalue weighted by Crippen LogP contribution is -2.31. The molecule has 1 aromatic heterocycles. The highest BCUT2D eigenvalue weighted by Gasteiger charge is 2.39. The van der Waals surface area contributed by atoms with E-state index in [-0.39, 0.29) is 24.1 Å². The number of aryl methyl sites for hydroxylation is 2. The van der Waals surface area contributed by atoms with E-state index in [9.17, 15) is 9.59 Å². The molecule has 3 aromatic rings. The van der Waals surface area contributed by atoms with Crippen molar-refractivity contribution in [2.45, 2.75) is 27.3 Å². The maximum Gasteiger partial charge on any atom is 0.278 e. The predicted octanol–water partition coefficient (Wildman–Crippen LogP) is 4.69. The molecule has 0 unspecified atom stereocenters. The number of imide groups is 1. The molecule has 2 aromatic carbocycles. The molecule has 158 valence electrons. The standard InChI is InChI=1S/C25H24N2O4/c1-4-30-20-11-8-18(9-12-20)22-23(26-19-10-7-16(2)17(3)14-19)25(29)27(24(22)28)15-21-6-5-13-31-21/h5-14,26H,4,15H2,1-3H3. The van der Waals surface area contributed by atoms with Gasteiger partial charge in [-0.25, -0.2) is 0 Å². The zero-order valence-electron chi connectivity index (χ0n) is 17.8. The molecule has 6 nitrogen and oxygen atoms in total. The molecule has 6 heteroatoms. The van der Waals surface area contributed by atoms with E-state index < -0.39 is 0 Å². The molecule has 0 fully saturated rings. The number of anilines is 1. The summed E-state index contributed by atoms with van der Waals surface area (Å²) in [4.78, 5) is 27.8. The minimum absolute atomic E-state index is 0.0727. The fourth-order valence-corrected chi connectivity index (χ4v) is 3.51. The molecule has 2 heterocycles. The van der Waals surface area contributed by atoms with Gasteiger partial charge in [0.1, 0.15) is 17.2 Å². The summed E-state index contributed by atoms with van der Waals surface area (Å²) < 4.78 is 10.9. The summed E-state index contributed by atoms with van der Waals surface area (Å²) in [7, 11) is 0. The monoisotopic (exact) mass is 416 g/mol. The highest BCUT2D eigenvalue weighted by atomic mass is 16.5. The Labute approximate surface area is 181 Å². The van der Waals surface area contributed by atoms with Crippen LogP contribution in [0, 0.1) is 13.8 Å². The third-order valence-electron chi connectivity index (χ3n) is 5.29. The quantitative estimate of drug-likeness (QED) is 0.566. The number of hydrogen-bond donors (Lipinski definition) is 1. The number of carbonyl (C=O) groups is 2. The number of rotatable bonds is 7. The minimum atomic E-state index is -0.386. The SMILES string of the molecule is CCOc1ccc(C2=C(Nc3ccc(C)c(C)c3)C(=O)N(Cc3ccco3)C2=O)cc1. The summed E-state index contributed by atoms with van der Waals surface area (Å²) in [5.41, 5.74) is 4.23. The average Bonchev–Trinajstić information content (AvgIpc) is 3.35. The normalized spacial score (nSPS) is 13.8. The molecule has 0 radical (unpaired) electrons. The summed E-state index contributed by atoms with van der Waals surface area (Å²) in [6.07, 6.45) is 1.52. The fraction of sp³-hybridized carbons (Fsp3) is 0.200. The van der Waals surface area contributed by atoms with Crippen LogP contribution in [0.15, 0.2) is 71.0 Å². The molecule has 2 amide bonds. The van der Waals surface area contributed by atoms with Crippen LogP contribution in [-0.4, -0.2) is 23.3 Å². The first-order valence-electron chi connectivity index (χ1n) is 10.2. The number of ether oxygens (including phenoxy) is 1. The number of hydrogen-bond acceptors (Lipinski definition) is 5. The molecule has 4 rings (SSSR count). The molecule has 1 aliphatic heterocycles. The van der Waals surface area contributed by atoms with Gasteiger partial charge in [-0.2, -0.15) is 0 Å². The molecule has 1 aliphatic rings. The molecule has 0 aliphatic carbocycles. The van der Waals surface area contributed by atoms with Gasteiger partial charge in [0.05, 0.1) is 25.0 Å². The van der Waals surface area contributed by atoms with Gasteiger partial charge in [-0.3, -0.25) is 14.5 Å². The third kappa shape index (κ3) is 4.10. The highest BCUT2D eigenvalue weighted by molar-refractivity contribution is 6.36. The van der Waals surface area contributed by atoms with E-state index in [1.807, 2.05) is 39.0 Å². The first-order chi connectivity index (χ1) is 15.0. The van der Waals surface area contributed by atoms with E-state index in [1.54, 1.807) is 36.4 Å². The molecule has 0 saturated heterocycles. The predicted molar refractivity (Wildman–Crippen MR) is 118 cm³/mol. The maximum atomic E-state index is 13.3. The first-order valence-corrected chi connectivity index (χ1v) is 10.2. The van der Waals surface area contributed by atoms with E-state index in [1.165, 1.54) is 11.2 Å². The number of carbonyl (C=O) groups excluding carboxylic acids is 2. The van der Waals surface area contributed by atoms with Crippen molar-refractivity contribution < 1.29 is 18.7 Å². The van der Waals surface area contributed by atoms with Gasteiger partial charge in [0.25, 0.3) is 11.8 Å². The van der Waals surface area contributed by atoms with Crippen LogP contribution in [-0.2, 0) is 16.1 Å². The van der Waals surface area contributed by atoms with Crippen molar-refractivity contribution in [3.05, 3.63) is 89.0 Å². The Kier molecular flexibility index (Phi) is 5.62. The van der Waals surface area contributed by atoms with Crippen molar-refractivity contribution in [2.75, 3.05) is 11.9 Å². The lowest BCUT2D eigenvalue weighted by Gasteiger charge is -2.14. The molecule has 0 saturated carbocycles. The van der Waals surface area contributed by atoms with Gasteiger partial charge in [0.2, 0.25) is 0 Å². The topological polar surface area (TPSA) is 71.8 Å². The Bertz CT molecular complexity index is 1140. The lowest BCUT2D eigenvalue weighted by molar-refractivity contribution is -0.137. The molecule has 31 heavy (non-hydrogen) atoms. The van der Waals surface area contributed by atoms with Crippen LogP contribution in [0.1, 0.15) is 29.4 Å². The summed E-state index contributed by atoms with van der Waals surface area (Å²) in [6, 6.07) is 16.5. The van der Waals surface area contributed by atoms with Crippen molar-refractivity contribution in [1.29, 1.82) is 0 Å². The van der Waals surface area contributed by atoms with Crippen LogP contribution in [0.5, 0.6) is 5.75 Å². The van der Waals surface area contributed by atoms with E-state index in [2.05, 4.69) is 5.32 Å². The smallest absolute Gasteiger partial charge is 0.278 e. The number of amides is 2. The molecule has 0 atom stereocenters. The van der Waals surface area contributed by atoms with Gasteiger partial charge in [0.15, 0.2) is 0 Å².